The maximum absolute atomic E-state index is 12.1. The summed E-state index contributed by atoms with van der Waals surface area (Å²) in [5.74, 6) is 0.820. The molecule has 0 spiro atoms. The predicted molar refractivity (Wildman–Crippen MR) is 89.6 cm³/mol. The summed E-state index contributed by atoms with van der Waals surface area (Å²) in [5, 5.41) is 3.83. The van der Waals surface area contributed by atoms with E-state index in [2.05, 4.69) is 5.32 Å². The van der Waals surface area contributed by atoms with Gasteiger partial charge in [0.2, 0.25) is 0 Å². The summed E-state index contributed by atoms with van der Waals surface area (Å²) in [6.45, 7) is 0. The van der Waals surface area contributed by atoms with Crippen molar-refractivity contribution in [1.82, 2.24) is 0 Å². The van der Waals surface area contributed by atoms with E-state index in [0.717, 1.165) is 0 Å². The van der Waals surface area contributed by atoms with Crippen molar-refractivity contribution in [1.29, 1.82) is 0 Å². The Morgan fingerprint density at radius 3 is 2.43 bits per heavy atom. The van der Waals surface area contributed by atoms with Crippen molar-refractivity contribution in [3.8, 4) is 11.5 Å². The normalized spacial score (nSPS) is 10.3. The van der Waals surface area contributed by atoms with Crippen LogP contribution in [0.2, 0.25) is 10.0 Å². The first-order valence-corrected chi connectivity index (χ1v) is 7.45. The van der Waals surface area contributed by atoms with Crippen molar-refractivity contribution < 1.29 is 13.9 Å². The van der Waals surface area contributed by atoms with Crippen LogP contribution < -0.4 is 10.1 Å². The van der Waals surface area contributed by atoms with Gasteiger partial charge in [0.05, 0.1) is 12.0 Å². The minimum Gasteiger partial charge on any atom is -0.459 e. The van der Waals surface area contributed by atoms with Crippen molar-refractivity contribution in [3.63, 3.8) is 0 Å². The maximum Gasteiger partial charge on any atom is 0.291 e. The average molecular weight is 348 g/mol. The van der Waals surface area contributed by atoms with Crippen LogP contribution in [0.5, 0.6) is 11.5 Å². The smallest absolute Gasteiger partial charge is 0.291 e. The fourth-order valence-electron chi connectivity index (χ4n) is 1.91. The number of ether oxygens (including phenoxy) is 1. The second-order valence-electron chi connectivity index (χ2n) is 4.63. The molecule has 3 rings (SSSR count). The standard InChI is InChI=1S/C17H11Cl2NO3/c18-11-3-6-13(7-4-11)23-16-10-12(19)5-8-14(16)20-17(21)15-2-1-9-22-15/h1-10H,(H,20,21). The molecule has 1 aromatic heterocycles. The molecule has 0 saturated carbocycles. The highest BCUT2D eigenvalue weighted by Crippen LogP contribution is 2.33. The number of hydrogen-bond acceptors (Lipinski definition) is 3. The second kappa shape index (κ2) is 6.77. The Morgan fingerprint density at radius 2 is 1.74 bits per heavy atom. The van der Waals surface area contributed by atoms with E-state index in [1.54, 1.807) is 54.6 Å². The number of anilines is 1. The van der Waals surface area contributed by atoms with Gasteiger partial charge >= 0.3 is 0 Å². The van der Waals surface area contributed by atoms with Crippen LogP contribution in [-0.2, 0) is 0 Å². The molecule has 116 valence electrons. The molecule has 0 aliphatic heterocycles. The van der Waals surface area contributed by atoms with E-state index in [1.165, 1.54) is 6.26 Å². The summed E-state index contributed by atoms with van der Waals surface area (Å²) in [4.78, 5) is 12.1. The van der Waals surface area contributed by atoms with E-state index in [9.17, 15) is 4.79 Å². The third-order valence-electron chi connectivity index (χ3n) is 2.98. The molecule has 0 bridgehead atoms. The zero-order chi connectivity index (χ0) is 16.2. The lowest BCUT2D eigenvalue weighted by molar-refractivity contribution is 0.0996. The molecule has 1 amide bonds. The molecular formula is C17H11Cl2NO3. The largest absolute Gasteiger partial charge is 0.459 e. The van der Waals surface area contributed by atoms with Crippen LogP contribution in [0.25, 0.3) is 0 Å². The summed E-state index contributed by atoms with van der Waals surface area (Å²) in [6, 6.07) is 15.0. The number of nitrogens with one attached hydrogen (secondary N) is 1. The van der Waals surface area contributed by atoms with Crippen LogP contribution in [0.4, 0.5) is 5.69 Å². The minimum atomic E-state index is -0.377. The van der Waals surface area contributed by atoms with Gasteiger partial charge in [0, 0.05) is 16.1 Å². The first-order chi connectivity index (χ1) is 11.1. The van der Waals surface area contributed by atoms with E-state index in [-0.39, 0.29) is 11.7 Å². The van der Waals surface area contributed by atoms with Crippen molar-refractivity contribution in [3.05, 3.63) is 76.7 Å². The molecule has 0 saturated heterocycles. The zero-order valence-electron chi connectivity index (χ0n) is 11.8. The Hall–Kier alpha value is -2.43. The molecule has 3 aromatic rings. The van der Waals surface area contributed by atoms with E-state index in [0.29, 0.717) is 27.2 Å². The molecule has 1 heterocycles. The van der Waals surface area contributed by atoms with Gasteiger partial charge < -0.3 is 14.5 Å². The number of carbonyl (C=O) groups is 1. The molecule has 1 N–H and O–H groups in total. The Labute approximate surface area is 142 Å². The van der Waals surface area contributed by atoms with Gasteiger partial charge in [0.25, 0.3) is 5.91 Å². The van der Waals surface area contributed by atoms with Gasteiger partial charge in [-0.1, -0.05) is 23.2 Å². The van der Waals surface area contributed by atoms with Gasteiger partial charge in [0.1, 0.15) is 5.75 Å². The Bertz CT molecular complexity index is 814. The molecule has 0 unspecified atom stereocenters. The molecular weight excluding hydrogens is 337 g/mol. The molecule has 0 aliphatic rings. The average Bonchev–Trinajstić information content (AvgIpc) is 3.07. The van der Waals surface area contributed by atoms with E-state index in [1.807, 2.05) is 0 Å². The monoisotopic (exact) mass is 347 g/mol. The molecule has 0 atom stereocenters. The van der Waals surface area contributed by atoms with Crippen LogP contribution in [0.1, 0.15) is 10.6 Å². The lowest BCUT2D eigenvalue weighted by Crippen LogP contribution is -2.11. The number of carbonyl (C=O) groups excluding carboxylic acids is 1. The maximum atomic E-state index is 12.1. The SMILES string of the molecule is O=C(Nc1ccc(Cl)cc1Oc1ccc(Cl)cc1)c1ccco1. The number of benzene rings is 2. The summed E-state index contributed by atoms with van der Waals surface area (Å²) < 4.78 is 10.8. The lowest BCUT2D eigenvalue weighted by Gasteiger charge is -2.12. The summed E-state index contributed by atoms with van der Waals surface area (Å²) in [7, 11) is 0. The van der Waals surface area contributed by atoms with Gasteiger partial charge in [-0.05, 0) is 48.5 Å². The number of hydrogen-bond donors (Lipinski definition) is 1. The predicted octanol–water partition coefficient (Wildman–Crippen LogP) is 5.63. The Balaban J connectivity index is 1.85. The van der Waals surface area contributed by atoms with Gasteiger partial charge in [0.15, 0.2) is 11.5 Å². The van der Waals surface area contributed by atoms with E-state index in [4.69, 9.17) is 32.4 Å². The van der Waals surface area contributed by atoms with Gasteiger partial charge in [-0.3, -0.25) is 4.79 Å². The van der Waals surface area contributed by atoms with Gasteiger partial charge in [-0.2, -0.15) is 0 Å². The second-order valence-corrected chi connectivity index (χ2v) is 5.50. The topological polar surface area (TPSA) is 51.5 Å². The molecule has 23 heavy (non-hydrogen) atoms. The van der Waals surface area contributed by atoms with Crippen LogP contribution in [0.15, 0.2) is 65.3 Å². The number of rotatable bonds is 4. The van der Waals surface area contributed by atoms with E-state index >= 15 is 0 Å². The third kappa shape index (κ3) is 3.86. The Kier molecular flexibility index (Phi) is 4.55. The first-order valence-electron chi connectivity index (χ1n) is 6.69. The summed E-state index contributed by atoms with van der Waals surface area (Å²) in [6.07, 6.45) is 1.43. The number of halogens is 2. The van der Waals surface area contributed by atoms with Crippen LogP contribution >= 0.6 is 23.2 Å². The van der Waals surface area contributed by atoms with Crippen LogP contribution in [0, 0.1) is 0 Å². The molecule has 4 nitrogen and oxygen atoms in total. The van der Waals surface area contributed by atoms with Crippen molar-refractivity contribution in [2.24, 2.45) is 0 Å². The number of furan rings is 1. The fraction of sp³-hybridized carbons (Fsp3) is 0. The highest BCUT2D eigenvalue weighted by Gasteiger charge is 2.13. The van der Waals surface area contributed by atoms with E-state index < -0.39 is 0 Å². The highest BCUT2D eigenvalue weighted by atomic mass is 35.5. The van der Waals surface area contributed by atoms with Crippen LogP contribution in [-0.4, -0.2) is 5.91 Å². The first kappa shape index (κ1) is 15.5. The van der Waals surface area contributed by atoms with Gasteiger partial charge in [-0.25, -0.2) is 0 Å². The summed E-state index contributed by atoms with van der Waals surface area (Å²) in [5.41, 5.74) is 0.478. The minimum absolute atomic E-state index is 0.206. The molecule has 6 heteroatoms. The quantitative estimate of drug-likeness (QED) is 0.665. The number of amides is 1. The van der Waals surface area contributed by atoms with Crippen LogP contribution in [0.3, 0.4) is 0 Å². The summed E-state index contributed by atoms with van der Waals surface area (Å²) >= 11 is 11.9. The fourth-order valence-corrected chi connectivity index (χ4v) is 2.19. The zero-order valence-corrected chi connectivity index (χ0v) is 13.3. The molecule has 2 aromatic carbocycles. The molecule has 0 fully saturated rings. The van der Waals surface area contributed by atoms with Gasteiger partial charge in [-0.15, -0.1) is 0 Å². The molecule has 0 radical (unpaired) electrons. The third-order valence-corrected chi connectivity index (χ3v) is 3.47. The Morgan fingerprint density at radius 1 is 1.00 bits per heavy atom. The van der Waals surface area contributed by atoms with Crippen molar-refractivity contribution in [2.75, 3.05) is 5.32 Å². The van der Waals surface area contributed by atoms with Crippen molar-refractivity contribution >= 4 is 34.8 Å². The lowest BCUT2D eigenvalue weighted by atomic mass is 10.2. The highest BCUT2D eigenvalue weighted by molar-refractivity contribution is 6.31. The molecule has 0 aliphatic carbocycles. The van der Waals surface area contributed by atoms with Crippen molar-refractivity contribution in [2.45, 2.75) is 0 Å².